The van der Waals surface area contributed by atoms with Crippen molar-refractivity contribution in [1.82, 2.24) is 14.9 Å². The van der Waals surface area contributed by atoms with E-state index in [1.54, 1.807) is 0 Å². The van der Waals surface area contributed by atoms with Crippen LogP contribution in [-0.4, -0.2) is 28.2 Å². The number of aromatic nitrogens is 2. The molecule has 2 fully saturated rings. The van der Waals surface area contributed by atoms with Gasteiger partial charge in [-0.25, -0.2) is 4.98 Å². The summed E-state index contributed by atoms with van der Waals surface area (Å²) in [7, 11) is 2.06. The fourth-order valence-corrected chi connectivity index (χ4v) is 4.26. The molecule has 1 aromatic heterocycles. The van der Waals surface area contributed by atoms with Crippen LogP contribution in [0.2, 0.25) is 0 Å². The topological polar surface area (TPSA) is 39.1 Å². The van der Waals surface area contributed by atoms with E-state index in [0.717, 1.165) is 25.4 Å². The van der Waals surface area contributed by atoms with Crippen molar-refractivity contribution >= 4 is 0 Å². The van der Waals surface area contributed by atoms with Gasteiger partial charge in [-0.1, -0.05) is 26.2 Å². The van der Waals surface area contributed by atoms with Crippen molar-refractivity contribution in [3.05, 3.63) is 18.2 Å². The Bertz CT molecular complexity index is 453. The Morgan fingerprint density at radius 1 is 1.36 bits per heavy atom. The molecule has 3 atom stereocenters. The van der Waals surface area contributed by atoms with Crippen LogP contribution >= 0.6 is 0 Å². The van der Waals surface area contributed by atoms with Crippen LogP contribution in [0, 0.1) is 5.92 Å². The summed E-state index contributed by atoms with van der Waals surface area (Å²) in [6.45, 7) is 3.17. The number of ether oxygens (including phenoxy) is 1. The first-order valence-electron chi connectivity index (χ1n) is 9.11. The number of rotatable bonds is 6. The molecular formula is C18H31N3O. The van der Waals surface area contributed by atoms with Gasteiger partial charge < -0.3 is 14.6 Å². The fourth-order valence-electron chi connectivity index (χ4n) is 4.26. The maximum atomic E-state index is 6.00. The molecule has 1 saturated carbocycles. The summed E-state index contributed by atoms with van der Waals surface area (Å²) in [5.74, 6) is 0.901. The largest absolute Gasteiger partial charge is 0.372 e. The minimum absolute atomic E-state index is 0.199. The van der Waals surface area contributed by atoms with Gasteiger partial charge in [0.2, 0.25) is 0 Å². The molecule has 2 heterocycles. The molecule has 22 heavy (non-hydrogen) atoms. The second-order valence-corrected chi connectivity index (χ2v) is 7.12. The van der Waals surface area contributed by atoms with Gasteiger partial charge in [-0.05, 0) is 38.0 Å². The summed E-state index contributed by atoms with van der Waals surface area (Å²) in [5.41, 5.74) is 1.21. The van der Waals surface area contributed by atoms with E-state index in [-0.39, 0.29) is 6.10 Å². The molecule has 0 aromatic carbocycles. The highest BCUT2D eigenvalue weighted by atomic mass is 16.5. The van der Waals surface area contributed by atoms with Crippen molar-refractivity contribution in [2.24, 2.45) is 13.0 Å². The van der Waals surface area contributed by atoms with Crippen molar-refractivity contribution < 1.29 is 4.74 Å². The van der Waals surface area contributed by atoms with Crippen LogP contribution < -0.4 is 5.32 Å². The van der Waals surface area contributed by atoms with E-state index >= 15 is 0 Å². The zero-order valence-corrected chi connectivity index (χ0v) is 14.1. The van der Waals surface area contributed by atoms with Gasteiger partial charge in [0.15, 0.2) is 0 Å². The van der Waals surface area contributed by atoms with Gasteiger partial charge in [0.25, 0.3) is 0 Å². The molecule has 4 heteroatoms. The first-order chi connectivity index (χ1) is 10.8. The Labute approximate surface area is 134 Å². The van der Waals surface area contributed by atoms with Crippen molar-refractivity contribution in [2.75, 3.05) is 6.61 Å². The SMILES string of the molecule is CCCC(NC1CCOC(c2cncn2C)C1)C1CCCC1. The summed E-state index contributed by atoms with van der Waals surface area (Å²) >= 11 is 0. The van der Waals surface area contributed by atoms with E-state index in [2.05, 4.69) is 28.8 Å². The third kappa shape index (κ3) is 3.72. The molecule has 3 rings (SSSR count). The van der Waals surface area contributed by atoms with Gasteiger partial charge in [-0.3, -0.25) is 0 Å². The summed E-state index contributed by atoms with van der Waals surface area (Å²) in [6, 6.07) is 1.30. The normalized spacial score (nSPS) is 28.1. The van der Waals surface area contributed by atoms with Crippen LogP contribution in [0.3, 0.4) is 0 Å². The first-order valence-corrected chi connectivity index (χ1v) is 9.11. The zero-order valence-electron chi connectivity index (χ0n) is 14.1. The molecule has 1 aliphatic heterocycles. The minimum Gasteiger partial charge on any atom is -0.372 e. The average Bonchev–Trinajstić information content (AvgIpc) is 3.18. The van der Waals surface area contributed by atoms with E-state index < -0.39 is 0 Å². The molecule has 1 aromatic rings. The van der Waals surface area contributed by atoms with Crippen molar-refractivity contribution in [3.63, 3.8) is 0 Å². The monoisotopic (exact) mass is 305 g/mol. The summed E-state index contributed by atoms with van der Waals surface area (Å²) < 4.78 is 8.09. The molecule has 0 radical (unpaired) electrons. The molecule has 1 aliphatic carbocycles. The molecule has 4 nitrogen and oxygen atoms in total. The lowest BCUT2D eigenvalue weighted by molar-refractivity contribution is -0.00720. The highest BCUT2D eigenvalue weighted by molar-refractivity contribution is 5.04. The van der Waals surface area contributed by atoms with E-state index in [1.807, 2.05) is 12.5 Å². The van der Waals surface area contributed by atoms with Gasteiger partial charge in [-0.15, -0.1) is 0 Å². The van der Waals surface area contributed by atoms with Crippen LogP contribution in [0.4, 0.5) is 0 Å². The van der Waals surface area contributed by atoms with Gasteiger partial charge >= 0.3 is 0 Å². The Morgan fingerprint density at radius 3 is 2.86 bits per heavy atom. The molecule has 3 unspecified atom stereocenters. The zero-order chi connectivity index (χ0) is 15.4. The quantitative estimate of drug-likeness (QED) is 0.873. The number of hydrogen-bond acceptors (Lipinski definition) is 3. The Kier molecular flexibility index (Phi) is 5.53. The molecule has 0 amide bonds. The Balaban J connectivity index is 1.59. The molecule has 124 valence electrons. The highest BCUT2D eigenvalue weighted by Gasteiger charge is 2.30. The molecule has 2 aliphatic rings. The summed E-state index contributed by atoms with van der Waals surface area (Å²) in [5, 5.41) is 4.00. The number of nitrogens with zero attached hydrogens (tertiary/aromatic N) is 2. The van der Waals surface area contributed by atoms with E-state index in [9.17, 15) is 0 Å². The number of aryl methyl sites for hydroxylation is 1. The lowest BCUT2D eigenvalue weighted by Crippen LogP contribution is -2.45. The van der Waals surface area contributed by atoms with Crippen molar-refractivity contribution in [3.8, 4) is 0 Å². The highest BCUT2D eigenvalue weighted by Crippen LogP contribution is 2.32. The van der Waals surface area contributed by atoms with E-state index in [1.165, 1.54) is 44.2 Å². The number of imidazole rings is 1. The second kappa shape index (κ2) is 7.60. The number of hydrogen-bond donors (Lipinski definition) is 1. The lowest BCUT2D eigenvalue weighted by atomic mass is 9.91. The molecular weight excluding hydrogens is 274 g/mol. The molecule has 1 saturated heterocycles. The molecule has 0 bridgehead atoms. The van der Waals surface area contributed by atoms with Crippen LogP contribution in [0.5, 0.6) is 0 Å². The predicted octanol–water partition coefficient (Wildman–Crippen LogP) is 3.59. The summed E-state index contributed by atoms with van der Waals surface area (Å²) in [6.07, 6.45) is 14.5. The third-order valence-electron chi connectivity index (χ3n) is 5.49. The van der Waals surface area contributed by atoms with Gasteiger partial charge in [-0.2, -0.15) is 0 Å². The average molecular weight is 305 g/mol. The molecule has 0 spiro atoms. The molecule has 1 N–H and O–H groups in total. The van der Waals surface area contributed by atoms with Crippen LogP contribution in [0.25, 0.3) is 0 Å². The fraction of sp³-hybridized carbons (Fsp3) is 0.833. The minimum atomic E-state index is 0.199. The van der Waals surface area contributed by atoms with E-state index in [0.29, 0.717) is 12.1 Å². The van der Waals surface area contributed by atoms with Gasteiger partial charge in [0, 0.05) is 25.7 Å². The van der Waals surface area contributed by atoms with Crippen LogP contribution in [0.15, 0.2) is 12.5 Å². The lowest BCUT2D eigenvalue weighted by Gasteiger charge is -2.35. The first kappa shape index (κ1) is 16.0. The Morgan fingerprint density at radius 2 is 2.18 bits per heavy atom. The Hall–Kier alpha value is -0.870. The van der Waals surface area contributed by atoms with Gasteiger partial charge in [0.1, 0.15) is 6.10 Å². The van der Waals surface area contributed by atoms with Crippen molar-refractivity contribution in [1.29, 1.82) is 0 Å². The van der Waals surface area contributed by atoms with E-state index in [4.69, 9.17) is 4.74 Å². The predicted molar refractivity (Wildman–Crippen MR) is 88.7 cm³/mol. The van der Waals surface area contributed by atoms with Gasteiger partial charge in [0.05, 0.1) is 18.2 Å². The summed E-state index contributed by atoms with van der Waals surface area (Å²) in [4.78, 5) is 4.24. The maximum absolute atomic E-state index is 6.00. The second-order valence-electron chi connectivity index (χ2n) is 7.12. The van der Waals surface area contributed by atoms with Crippen LogP contribution in [0.1, 0.15) is 70.1 Å². The number of nitrogens with one attached hydrogen (secondary N) is 1. The standard InChI is InChI=1S/C18H31N3O/c1-3-6-16(14-7-4-5-8-14)20-15-9-10-22-18(11-15)17-12-19-13-21(17)2/h12-16,18,20H,3-11H2,1-2H3. The van der Waals surface area contributed by atoms with Crippen LogP contribution in [-0.2, 0) is 11.8 Å². The van der Waals surface area contributed by atoms with Crippen molar-refractivity contribution in [2.45, 2.75) is 76.5 Å². The third-order valence-corrected chi connectivity index (χ3v) is 5.49. The smallest absolute Gasteiger partial charge is 0.100 e. The maximum Gasteiger partial charge on any atom is 0.100 e.